The second kappa shape index (κ2) is 5.24. The molecule has 1 nitrogen and oxygen atoms in total. The Morgan fingerprint density at radius 2 is 1.40 bits per heavy atom. The molecule has 0 spiro atoms. The molecule has 0 atom stereocenters. The van der Waals surface area contributed by atoms with Crippen molar-refractivity contribution in [3.8, 4) is 0 Å². The molecule has 28 valence electrons. The van der Waals surface area contributed by atoms with Crippen LogP contribution < -0.4 is 0 Å². The van der Waals surface area contributed by atoms with Crippen molar-refractivity contribution >= 4 is 54.7 Å². The maximum absolute atomic E-state index is 9.44. The quantitative estimate of drug-likeness (QED) is 0.487. The summed E-state index contributed by atoms with van der Waals surface area (Å²) in [7, 11) is 0. The summed E-state index contributed by atoms with van der Waals surface area (Å²) in [5.74, 6) is 0.167. The van der Waals surface area contributed by atoms with Crippen LogP contribution in [0.25, 0.3) is 0 Å². The SMILES string of the molecule is CC(C)=O.[BaH2]. The van der Waals surface area contributed by atoms with Crippen molar-refractivity contribution in [2.24, 2.45) is 0 Å². The summed E-state index contributed by atoms with van der Waals surface area (Å²) in [5.41, 5.74) is 0. The van der Waals surface area contributed by atoms with E-state index in [1.165, 1.54) is 13.8 Å². The molecule has 0 radical (unpaired) electrons. The molecule has 0 N–H and O–H groups in total. The van der Waals surface area contributed by atoms with Crippen LogP contribution in [0.15, 0.2) is 0 Å². The molecule has 5 heavy (non-hydrogen) atoms. The molecule has 0 heterocycles. The van der Waals surface area contributed by atoms with Crippen molar-refractivity contribution in [3.63, 3.8) is 0 Å². The van der Waals surface area contributed by atoms with Gasteiger partial charge in [-0.2, -0.15) is 0 Å². The molecule has 0 bridgehead atoms. The molecule has 0 amide bonds. The number of rotatable bonds is 0. The molecule has 0 aliphatic carbocycles. The van der Waals surface area contributed by atoms with Crippen molar-refractivity contribution in [1.29, 1.82) is 0 Å². The van der Waals surface area contributed by atoms with Crippen LogP contribution in [-0.2, 0) is 4.79 Å². The van der Waals surface area contributed by atoms with E-state index < -0.39 is 0 Å². The van der Waals surface area contributed by atoms with E-state index in [9.17, 15) is 4.79 Å². The molecule has 2 heteroatoms. The fourth-order valence-corrected chi connectivity index (χ4v) is 0. The van der Waals surface area contributed by atoms with Gasteiger partial charge in [0.2, 0.25) is 0 Å². The number of ketones is 1. The van der Waals surface area contributed by atoms with Crippen LogP contribution in [-0.4, -0.2) is 54.7 Å². The van der Waals surface area contributed by atoms with E-state index in [-0.39, 0.29) is 54.7 Å². The van der Waals surface area contributed by atoms with Gasteiger partial charge in [-0.05, 0) is 13.8 Å². The monoisotopic (exact) mass is 198 g/mol. The van der Waals surface area contributed by atoms with Crippen molar-refractivity contribution in [1.82, 2.24) is 0 Å². The van der Waals surface area contributed by atoms with Gasteiger partial charge in [0.25, 0.3) is 0 Å². The second-order valence-corrected chi connectivity index (χ2v) is 0.908. The van der Waals surface area contributed by atoms with Gasteiger partial charge in [-0.25, -0.2) is 0 Å². The Morgan fingerprint density at radius 3 is 1.40 bits per heavy atom. The first-order valence-corrected chi connectivity index (χ1v) is 1.20. The first kappa shape index (κ1) is 9.53. The number of hydrogen-bond donors (Lipinski definition) is 0. The van der Waals surface area contributed by atoms with Gasteiger partial charge in [-0.3, -0.25) is 0 Å². The Labute approximate surface area is 72.2 Å². The Hall–Kier alpha value is 1.24. The molecule has 0 saturated carbocycles. The van der Waals surface area contributed by atoms with E-state index in [0.717, 1.165) is 0 Å². The van der Waals surface area contributed by atoms with Gasteiger partial charge in [0.1, 0.15) is 5.78 Å². The van der Waals surface area contributed by atoms with Gasteiger partial charge in [-0.15, -0.1) is 0 Å². The average molecular weight is 197 g/mol. The van der Waals surface area contributed by atoms with Gasteiger partial charge in [0, 0.05) is 0 Å². The summed E-state index contributed by atoms with van der Waals surface area (Å²) in [6.07, 6.45) is 0. The van der Waals surface area contributed by atoms with E-state index in [2.05, 4.69) is 0 Å². The fraction of sp³-hybridized carbons (Fsp3) is 0.667. The normalized spacial score (nSPS) is 5.20. The maximum atomic E-state index is 9.44. The molecule has 0 saturated heterocycles. The summed E-state index contributed by atoms with van der Waals surface area (Å²) in [4.78, 5) is 9.44. The van der Waals surface area contributed by atoms with E-state index in [4.69, 9.17) is 0 Å². The van der Waals surface area contributed by atoms with Crippen molar-refractivity contribution < 1.29 is 4.79 Å². The third-order valence-corrected chi connectivity index (χ3v) is 0. The molecular formula is C3H8BaO. The van der Waals surface area contributed by atoms with Crippen LogP contribution in [0.4, 0.5) is 0 Å². The third-order valence-electron chi connectivity index (χ3n) is 0. The van der Waals surface area contributed by atoms with Crippen LogP contribution >= 0.6 is 0 Å². The van der Waals surface area contributed by atoms with E-state index in [1.54, 1.807) is 0 Å². The first-order chi connectivity index (χ1) is 1.73. The molecule has 0 fully saturated rings. The minimum absolute atomic E-state index is 0. The number of carbonyl (C=O) groups excluding carboxylic acids is 1. The molecule has 0 aromatic rings. The minimum atomic E-state index is 0. The molecule has 0 aromatic carbocycles. The van der Waals surface area contributed by atoms with Crippen LogP contribution in [0.1, 0.15) is 13.8 Å². The van der Waals surface area contributed by atoms with Crippen molar-refractivity contribution in [3.05, 3.63) is 0 Å². The Kier molecular flexibility index (Phi) is 9.99. The number of carbonyl (C=O) groups is 1. The molecule has 0 aromatic heterocycles. The van der Waals surface area contributed by atoms with Gasteiger partial charge >= 0.3 is 48.9 Å². The third kappa shape index (κ3) is 35.7. The van der Waals surface area contributed by atoms with Gasteiger partial charge in [0.15, 0.2) is 0 Å². The zero-order chi connectivity index (χ0) is 3.58. The Balaban J connectivity index is 0. The Bertz CT molecular complexity index is 29.9. The molecule has 0 rings (SSSR count). The van der Waals surface area contributed by atoms with Gasteiger partial charge < -0.3 is 4.79 Å². The zero-order valence-corrected chi connectivity index (χ0v) is 2.91. The molecule has 0 aliphatic heterocycles. The van der Waals surface area contributed by atoms with E-state index in [0.29, 0.717) is 0 Å². The van der Waals surface area contributed by atoms with Crippen LogP contribution in [0.3, 0.4) is 0 Å². The molecule has 0 unspecified atom stereocenters. The molecule has 0 aliphatic rings. The summed E-state index contributed by atoms with van der Waals surface area (Å²) < 4.78 is 0. The Morgan fingerprint density at radius 1 is 1.40 bits per heavy atom. The number of hydrogen-bond acceptors (Lipinski definition) is 1. The summed E-state index contributed by atoms with van der Waals surface area (Å²) >= 11 is 0. The second-order valence-electron chi connectivity index (χ2n) is 0.908. The van der Waals surface area contributed by atoms with Crippen LogP contribution in [0.2, 0.25) is 0 Å². The topological polar surface area (TPSA) is 17.1 Å². The molecular weight excluding hydrogens is 189 g/mol. The summed E-state index contributed by atoms with van der Waals surface area (Å²) in [6, 6.07) is 0. The first-order valence-electron chi connectivity index (χ1n) is 1.20. The van der Waals surface area contributed by atoms with E-state index in [1.807, 2.05) is 0 Å². The average Bonchev–Trinajstić information content (AvgIpc) is 0.811. The predicted octanol–water partition coefficient (Wildman–Crippen LogP) is -0.321. The number of Topliss-reactive ketones (excluding diaryl/α,β-unsaturated/α-hetero) is 1. The fourth-order valence-electron chi connectivity index (χ4n) is 0. The summed E-state index contributed by atoms with van der Waals surface area (Å²) in [5, 5.41) is 0. The van der Waals surface area contributed by atoms with Gasteiger partial charge in [0.05, 0.1) is 0 Å². The van der Waals surface area contributed by atoms with E-state index >= 15 is 0 Å². The standard InChI is InChI=1S/C3H6O.Ba.2H/c1-3(2)4;;;/h1-2H3;;;. The predicted molar refractivity (Wildman–Crippen MR) is 24.9 cm³/mol. The zero-order valence-electron chi connectivity index (χ0n) is 2.91. The van der Waals surface area contributed by atoms with Crippen LogP contribution in [0.5, 0.6) is 0 Å². The van der Waals surface area contributed by atoms with Crippen LogP contribution in [0, 0.1) is 0 Å². The summed E-state index contributed by atoms with van der Waals surface area (Å²) in [6.45, 7) is 3.06. The van der Waals surface area contributed by atoms with Crippen molar-refractivity contribution in [2.45, 2.75) is 13.8 Å². The van der Waals surface area contributed by atoms with Crippen molar-refractivity contribution in [2.75, 3.05) is 0 Å². The van der Waals surface area contributed by atoms with Gasteiger partial charge in [-0.1, -0.05) is 0 Å².